The molecule has 1 rings (SSSR count). The van der Waals surface area contributed by atoms with Gasteiger partial charge in [0.15, 0.2) is 0 Å². The molecular formula is C12H14O4. The molecule has 16 heavy (non-hydrogen) atoms. The molecule has 0 aliphatic carbocycles. The number of aliphatic carboxylic acids is 1. The highest BCUT2D eigenvalue weighted by molar-refractivity contribution is 5.93. The molecule has 0 saturated carbocycles. The third-order valence-electron chi connectivity index (χ3n) is 2.11. The average Bonchev–Trinajstić information content (AvgIpc) is 2.28. The van der Waals surface area contributed by atoms with E-state index in [4.69, 9.17) is 9.84 Å². The second-order valence-corrected chi connectivity index (χ2v) is 3.24. The van der Waals surface area contributed by atoms with Crippen LogP contribution >= 0.6 is 0 Å². The second-order valence-electron chi connectivity index (χ2n) is 3.24. The molecule has 2 N–H and O–H groups in total. The normalized spacial score (nSPS) is 11.9. The number of aliphatic hydroxyl groups excluding tert-OH is 1. The Morgan fingerprint density at radius 2 is 1.81 bits per heavy atom. The van der Waals surface area contributed by atoms with E-state index in [9.17, 15) is 9.90 Å². The quantitative estimate of drug-likeness (QED) is 0.606. The third kappa shape index (κ3) is 2.76. The van der Waals surface area contributed by atoms with Gasteiger partial charge < -0.3 is 14.9 Å². The molecule has 86 valence electrons. The van der Waals surface area contributed by atoms with E-state index in [0.29, 0.717) is 17.9 Å². The monoisotopic (exact) mass is 222 g/mol. The predicted octanol–water partition coefficient (Wildman–Crippen LogP) is 2.46. The van der Waals surface area contributed by atoms with Gasteiger partial charge in [0.2, 0.25) is 0 Å². The molecule has 0 saturated heterocycles. The second kappa shape index (κ2) is 5.21. The molecular weight excluding hydrogens is 208 g/mol. The summed E-state index contributed by atoms with van der Waals surface area (Å²) in [6.45, 7) is 3.79. The van der Waals surface area contributed by atoms with Gasteiger partial charge in [-0.3, -0.25) is 0 Å². The van der Waals surface area contributed by atoms with Crippen LogP contribution in [0.3, 0.4) is 0 Å². The summed E-state index contributed by atoms with van der Waals surface area (Å²) in [5.74, 6) is -0.672. The molecule has 0 aliphatic rings. The van der Waals surface area contributed by atoms with Crippen LogP contribution in [0.5, 0.6) is 5.75 Å². The topological polar surface area (TPSA) is 66.8 Å². The Kier molecular flexibility index (Phi) is 3.94. The molecule has 0 amide bonds. The molecule has 0 aromatic heterocycles. The molecule has 0 fully saturated rings. The van der Waals surface area contributed by atoms with Gasteiger partial charge in [-0.15, -0.1) is 0 Å². The molecule has 0 heterocycles. The first kappa shape index (κ1) is 12.1. The molecule has 1 aromatic rings. The zero-order chi connectivity index (χ0) is 12.1. The highest BCUT2D eigenvalue weighted by atomic mass is 16.5. The first-order chi connectivity index (χ1) is 7.56. The van der Waals surface area contributed by atoms with E-state index in [0.717, 1.165) is 0 Å². The summed E-state index contributed by atoms with van der Waals surface area (Å²) in [4.78, 5) is 10.6. The number of carbonyl (C=O) groups is 1. The van der Waals surface area contributed by atoms with Crippen molar-refractivity contribution in [3.05, 3.63) is 35.4 Å². The lowest BCUT2D eigenvalue weighted by atomic mass is 10.1. The van der Waals surface area contributed by atoms with Crippen molar-refractivity contribution in [2.24, 2.45) is 0 Å². The van der Waals surface area contributed by atoms with Crippen LogP contribution in [-0.2, 0) is 4.79 Å². The van der Waals surface area contributed by atoms with Crippen LogP contribution in [0.15, 0.2) is 29.8 Å². The van der Waals surface area contributed by atoms with E-state index in [-0.39, 0.29) is 11.3 Å². The molecule has 0 radical (unpaired) electrons. The van der Waals surface area contributed by atoms with Crippen LogP contribution in [0.25, 0.3) is 5.76 Å². The number of hydrogen-bond donors (Lipinski definition) is 2. The van der Waals surface area contributed by atoms with E-state index in [1.54, 1.807) is 24.3 Å². The molecule has 0 aliphatic heterocycles. The van der Waals surface area contributed by atoms with Gasteiger partial charge in [0.25, 0.3) is 0 Å². The SMILES string of the molecule is CCOc1ccc(C(O)=C(C)C(=O)O)cc1. The van der Waals surface area contributed by atoms with Crippen molar-refractivity contribution in [3.8, 4) is 5.75 Å². The Hall–Kier alpha value is -1.97. The molecule has 1 aromatic carbocycles. The molecule has 4 nitrogen and oxygen atoms in total. The fourth-order valence-electron chi connectivity index (χ4n) is 1.19. The zero-order valence-corrected chi connectivity index (χ0v) is 9.23. The lowest BCUT2D eigenvalue weighted by Gasteiger charge is -2.05. The van der Waals surface area contributed by atoms with Crippen molar-refractivity contribution < 1.29 is 19.7 Å². The van der Waals surface area contributed by atoms with Gasteiger partial charge in [-0.25, -0.2) is 4.79 Å². The van der Waals surface area contributed by atoms with Gasteiger partial charge in [-0.2, -0.15) is 0 Å². The molecule has 0 spiro atoms. The van der Waals surface area contributed by atoms with Gasteiger partial charge in [-0.05, 0) is 38.1 Å². The van der Waals surface area contributed by atoms with E-state index in [2.05, 4.69) is 0 Å². The lowest BCUT2D eigenvalue weighted by molar-refractivity contribution is -0.132. The number of benzene rings is 1. The number of ether oxygens (including phenoxy) is 1. The van der Waals surface area contributed by atoms with Gasteiger partial charge in [0.1, 0.15) is 11.5 Å². The summed E-state index contributed by atoms with van der Waals surface area (Å²) < 4.78 is 5.23. The van der Waals surface area contributed by atoms with Gasteiger partial charge in [0, 0.05) is 5.56 Å². The minimum Gasteiger partial charge on any atom is -0.507 e. The van der Waals surface area contributed by atoms with Crippen LogP contribution in [0.2, 0.25) is 0 Å². The number of hydrogen-bond acceptors (Lipinski definition) is 3. The number of carboxylic acids is 1. The van der Waals surface area contributed by atoms with Crippen LogP contribution in [0.4, 0.5) is 0 Å². The maximum atomic E-state index is 10.6. The fourth-order valence-corrected chi connectivity index (χ4v) is 1.19. The van der Waals surface area contributed by atoms with E-state index < -0.39 is 5.97 Å². The largest absolute Gasteiger partial charge is 0.507 e. The van der Waals surface area contributed by atoms with Gasteiger partial charge in [0.05, 0.1) is 12.2 Å². The first-order valence-electron chi connectivity index (χ1n) is 4.92. The highest BCUT2D eigenvalue weighted by Crippen LogP contribution is 2.19. The van der Waals surface area contributed by atoms with Crippen LogP contribution in [0, 0.1) is 0 Å². The Labute approximate surface area is 93.8 Å². The minimum atomic E-state index is -1.13. The average molecular weight is 222 g/mol. The Balaban J connectivity index is 2.98. The Morgan fingerprint density at radius 3 is 2.25 bits per heavy atom. The number of carboxylic acid groups (broad SMARTS) is 1. The standard InChI is InChI=1S/C12H14O4/c1-3-16-10-6-4-9(5-7-10)11(13)8(2)12(14)15/h4-7,13H,3H2,1-2H3,(H,14,15). The summed E-state index contributed by atoms with van der Waals surface area (Å²) in [5.41, 5.74) is 0.382. The van der Waals surface area contributed by atoms with Crippen LogP contribution in [0.1, 0.15) is 19.4 Å². The van der Waals surface area contributed by atoms with E-state index in [1.807, 2.05) is 6.92 Å². The van der Waals surface area contributed by atoms with Crippen molar-refractivity contribution in [1.82, 2.24) is 0 Å². The summed E-state index contributed by atoms with van der Waals surface area (Å²) in [7, 11) is 0. The Bertz CT molecular complexity index is 404. The van der Waals surface area contributed by atoms with Gasteiger partial charge >= 0.3 is 5.97 Å². The van der Waals surface area contributed by atoms with E-state index >= 15 is 0 Å². The Morgan fingerprint density at radius 1 is 1.25 bits per heavy atom. The van der Waals surface area contributed by atoms with Crippen LogP contribution in [-0.4, -0.2) is 22.8 Å². The number of rotatable bonds is 4. The lowest BCUT2D eigenvalue weighted by Crippen LogP contribution is -2.00. The van der Waals surface area contributed by atoms with Gasteiger partial charge in [-0.1, -0.05) is 0 Å². The number of aliphatic hydroxyl groups is 1. The zero-order valence-electron chi connectivity index (χ0n) is 9.23. The van der Waals surface area contributed by atoms with Crippen LogP contribution < -0.4 is 4.74 Å². The van der Waals surface area contributed by atoms with E-state index in [1.165, 1.54) is 6.92 Å². The third-order valence-corrected chi connectivity index (χ3v) is 2.11. The molecule has 0 bridgehead atoms. The predicted molar refractivity (Wildman–Crippen MR) is 60.5 cm³/mol. The first-order valence-corrected chi connectivity index (χ1v) is 4.92. The van der Waals surface area contributed by atoms with Crippen molar-refractivity contribution in [2.75, 3.05) is 6.61 Å². The summed E-state index contributed by atoms with van der Waals surface area (Å²) in [5, 5.41) is 18.3. The summed E-state index contributed by atoms with van der Waals surface area (Å²) in [6.07, 6.45) is 0. The maximum absolute atomic E-state index is 10.6. The smallest absolute Gasteiger partial charge is 0.335 e. The van der Waals surface area contributed by atoms with Crippen molar-refractivity contribution in [2.45, 2.75) is 13.8 Å². The van der Waals surface area contributed by atoms with Crippen molar-refractivity contribution in [3.63, 3.8) is 0 Å². The molecule has 0 unspecified atom stereocenters. The summed E-state index contributed by atoms with van der Waals surface area (Å²) >= 11 is 0. The highest BCUT2D eigenvalue weighted by Gasteiger charge is 2.09. The minimum absolute atomic E-state index is 0.0795. The fraction of sp³-hybridized carbons (Fsp3) is 0.250. The summed E-state index contributed by atoms with van der Waals surface area (Å²) in [6, 6.07) is 6.61. The van der Waals surface area contributed by atoms with Crippen molar-refractivity contribution >= 4 is 11.7 Å². The maximum Gasteiger partial charge on any atom is 0.335 e. The molecule has 4 heteroatoms. The van der Waals surface area contributed by atoms with Crippen molar-refractivity contribution in [1.29, 1.82) is 0 Å². The molecule has 0 atom stereocenters.